The van der Waals surface area contributed by atoms with E-state index in [0.29, 0.717) is 10.1 Å². The molecule has 1 atom stereocenters. The Morgan fingerprint density at radius 1 is 1.12 bits per heavy atom. The van der Waals surface area contributed by atoms with E-state index in [-0.39, 0.29) is 34.3 Å². The molecule has 3 aromatic rings. The number of rotatable bonds is 9. The molecule has 1 N–H and O–H groups in total. The summed E-state index contributed by atoms with van der Waals surface area (Å²) < 4.78 is 13.2. The van der Waals surface area contributed by atoms with Crippen LogP contribution in [0.5, 0.6) is 0 Å². The number of nitrogens with zero attached hydrogens (tertiary/aromatic N) is 2. The van der Waals surface area contributed by atoms with Gasteiger partial charge in [-0.2, -0.15) is 0 Å². The number of thiophene rings is 1. The molecule has 33 heavy (non-hydrogen) atoms. The number of carbonyl (C=O) groups excluding carboxylic acids is 1. The van der Waals surface area contributed by atoms with Crippen LogP contribution in [0.2, 0.25) is 0 Å². The number of carboxylic acid groups (broad SMARTS) is 1. The van der Waals surface area contributed by atoms with Crippen LogP contribution < -0.4 is 11.2 Å². The Kier molecular flexibility index (Phi) is 7.50. The average molecular weight is 475 g/mol. The number of aryl methyl sites for hydroxylation is 1. The molecule has 2 heterocycles. The summed E-state index contributed by atoms with van der Waals surface area (Å²) in [4.78, 5) is 50.7. The molecule has 0 aliphatic carbocycles. The Hall–Kier alpha value is -3.24. The Balaban J connectivity index is 2.29. The van der Waals surface area contributed by atoms with Crippen LogP contribution in [0, 0.1) is 6.92 Å². The number of aliphatic carboxylic acids is 1. The van der Waals surface area contributed by atoms with Gasteiger partial charge in [-0.3, -0.25) is 14.2 Å². The zero-order valence-electron chi connectivity index (χ0n) is 18.9. The fourth-order valence-electron chi connectivity index (χ4n) is 3.61. The van der Waals surface area contributed by atoms with E-state index in [4.69, 9.17) is 9.47 Å². The fraction of sp³-hybridized carbons (Fsp3) is 0.391. The molecule has 0 radical (unpaired) electrons. The molecule has 0 saturated heterocycles. The van der Waals surface area contributed by atoms with E-state index in [9.17, 15) is 24.3 Å². The minimum Gasteiger partial charge on any atom is -0.480 e. The second-order valence-electron chi connectivity index (χ2n) is 7.72. The number of esters is 1. The number of carboxylic acids is 1. The quantitative estimate of drug-likeness (QED) is 0.474. The van der Waals surface area contributed by atoms with Gasteiger partial charge in [0.1, 0.15) is 22.4 Å². The van der Waals surface area contributed by atoms with Crippen molar-refractivity contribution in [2.24, 2.45) is 0 Å². The summed E-state index contributed by atoms with van der Waals surface area (Å²) in [5.41, 5.74) is -0.354. The number of aromatic nitrogens is 2. The van der Waals surface area contributed by atoms with E-state index < -0.39 is 35.8 Å². The SMILES string of the molecule is CCOC(=O)c1sc2c(c1C)c(=O)n(CC(=O)O)c(=O)n2CC(OC(C)C)c1ccccc1. The van der Waals surface area contributed by atoms with Crippen molar-refractivity contribution in [2.45, 2.75) is 53.0 Å². The van der Waals surface area contributed by atoms with Crippen LogP contribution in [0.4, 0.5) is 0 Å². The van der Waals surface area contributed by atoms with E-state index in [1.54, 1.807) is 13.8 Å². The Bertz CT molecular complexity index is 1290. The minimum absolute atomic E-state index is 0.0274. The van der Waals surface area contributed by atoms with Gasteiger partial charge in [-0.15, -0.1) is 11.3 Å². The molecule has 9 nitrogen and oxygen atoms in total. The molecule has 0 aliphatic rings. The lowest BCUT2D eigenvalue weighted by Crippen LogP contribution is -2.42. The van der Waals surface area contributed by atoms with Crippen LogP contribution in [-0.4, -0.2) is 38.9 Å². The van der Waals surface area contributed by atoms with E-state index in [1.165, 1.54) is 4.57 Å². The lowest BCUT2D eigenvalue weighted by atomic mass is 10.1. The van der Waals surface area contributed by atoms with Crippen molar-refractivity contribution < 1.29 is 24.2 Å². The molecule has 2 aromatic heterocycles. The first-order valence-corrected chi connectivity index (χ1v) is 11.3. The van der Waals surface area contributed by atoms with Gasteiger partial charge >= 0.3 is 17.6 Å². The Morgan fingerprint density at radius 2 is 1.79 bits per heavy atom. The fourth-order valence-corrected chi connectivity index (χ4v) is 4.81. The highest BCUT2D eigenvalue weighted by molar-refractivity contribution is 7.20. The van der Waals surface area contributed by atoms with Crippen LogP contribution in [0.1, 0.15) is 47.7 Å². The topological polar surface area (TPSA) is 117 Å². The second kappa shape index (κ2) is 10.1. The van der Waals surface area contributed by atoms with Gasteiger partial charge in [0.15, 0.2) is 0 Å². The van der Waals surface area contributed by atoms with E-state index in [0.717, 1.165) is 16.9 Å². The van der Waals surface area contributed by atoms with E-state index >= 15 is 0 Å². The Labute approximate surface area is 193 Å². The summed E-state index contributed by atoms with van der Waals surface area (Å²) in [6, 6.07) is 9.30. The monoisotopic (exact) mass is 474 g/mol. The van der Waals surface area contributed by atoms with Crippen molar-refractivity contribution in [2.75, 3.05) is 6.61 Å². The number of hydrogen-bond acceptors (Lipinski definition) is 7. The third-order valence-corrected chi connectivity index (χ3v) is 6.30. The zero-order chi connectivity index (χ0) is 24.3. The van der Waals surface area contributed by atoms with Gasteiger partial charge in [-0.25, -0.2) is 14.2 Å². The van der Waals surface area contributed by atoms with Gasteiger partial charge in [-0.05, 0) is 38.8 Å². The largest absolute Gasteiger partial charge is 0.480 e. The average Bonchev–Trinajstić information content (AvgIpc) is 3.11. The standard InChI is InChI=1S/C23H26N2O7S/c1-5-31-22(29)19-14(4)18-20(28)24(12-17(26)27)23(30)25(21(18)33-19)11-16(32-13(2)3)15-9-7-6-8-10-15/h6-10,13,16H,5,11-12H2,1-4H3,(H,26,27). The Morgan fingerprint density at radius 3 is 2.36 bits per heavy atom. The molecule has 0 bridgehead atoms. The van der Waals surface area contributed by atoms with E-state index in [2.05, 4.69) is 0 Å². The van der Waals surface area contributed by atoms with Gasteiger partial charge in [0.05, 0.1) is 24.6 Å². The molecule has 176 valence electrons. The summed E-state index contributed by atoms with van der Waals surface area (Å²) in [6.07, 6.45) is -0.706. The van der Waals surface area contributed by atoms with Gasteiger partial charge in [0.2, 0.25) is 0 Å². The molecule has 10 heteroatoms. The number of benzene rings is 1. The molecular formula is C23H26N2O7S. The first-order valence-electron chi connectivity index (χ1n) is 10.5. The molecule has 0 fully saturated rings. The van der Waals surface area contributed by atoms with Crippen molar-refractivity contribution in [3.05, 3.63) is 67.2 Å². The van der Waals surface area contributed by atoms with Crippen molar-refractivity contribution in [1.82, 2.24) is 9.13 Å². The summed E-state index contributed by atoms with van der Waals surface area (Å²) in [5, 5.41) is 9.41. The van der Waals surface area contributed by atoms with Crippen molar-refractivity contribution in [3.8, 4) is 0 Å². The summed E-state index contributed by atoms with van der Waals surface area (Å²) >= 11 is 0.983. The van der Waals surface area contributed by atoms with Gasteiger partial charge < -0.3 is 14.6 Å². The second-order valence-corrected chi connectivity index (χ2v) is 8.72. The molecule has 0 aliphatic heterocycles. The van der Waals surface area contributed by atoms with Crippen molar-refractivity contribution in [1.29, 1.82) is 0 Å². The van der Waals surface area contributed by atoms with Crippen LogP contribution >= 0.6 is 11.3 Å². The first-order chi connectivity index (χ1) is 15.6. The van der Waals surface area contributed by atoms with Gasteiger partial charge in [0, 0.05) is 0 Å². The third-order valence-electron chi connectivity index (χ3n) is 5.00. The summed E-state index contributed by atoms with van der Waals surface area (Å²) in [6.45, 7) is 6.39. The van der Waals surface area contributed by atoms with Gasteiger partial charge in [-0.1, -0.05) is 30.3 Å². The number of hydrogen-bond donors (Lipinski definition) is 1. The maximum atomic E-state index is 13.3. The maximum Gasteiger partial charge on any atom is 0.348 e. The highest BCUT2D eigenvalue weighted by atomic mass is 32.1. The van der Waals surface area contributed by atoms with Crippen molar-refractivity contribution in [3.63, 3.8) is 0 Å². The molecule has 1 aromatic carbocycles. The van der Waals surface area contributed by atoms with Crippen LogP contribution in [0.25, 0.3) is 10.2 Å². The molecule has 0 spiro atoms. The normalized spacial score (nSPS) is 12.3. The number of ether oxygens (including phenoxy) is 2. The van der Waals surface area contributed by atoms with Crippen LogP contribution in [0.15, 0.2) is 39.9 Å². The minimum atomic E-state index is -1.32. The molecule has 3 rings (SSSR count). The summed E-state index contributed by atoms with van der Waals surface area (Å²) in [7, 11) is 0. The van der Waals surface area contributed by atoms with Gasteiger partial charge in [0.25, 0.3) is 5.56 Å². The number of carbonyl (C=O) groups is 2. The predicted molar refractivity (Wildman–Crippen MR) is 124 cm³/mol. The van der Waals surface area contributed by atoms with E-state index in [1.807, 2.05) is 44.2 Å². The molecular weight excluding hydrogens is 448 g/mol. The highest BCUT2D eigenvalue weighted by Gasteiger charge is 2.26. The first kappa shape index (κ1) is 24.4. The van der Waals surface area contributed by atoms with Crippen LogP contribution in [0.3, 0.4) is 0 Å². The summed E-state index contributed by atoms with van der Waals surface area (Å²) in [5.74, 6) is -1.92. The lowest BCUT2D eigenvalue weighted by Gasteiger charge is -2.22. The highest BCUT2D eigenvalue weighted by Crippen LogP contribution is 2.30. The maximum absolute atomic E-state index is 13.3. The smallest absolute Gasteiger partial charge is 0.348 e. The zero-order valence-corrected chi connectivity index (χ0v) is 19.7. The molecule has 0 saturated carbocycles. The molecule has 1 unspecified atom stereocenters. The third kappa shape index (κ3) is 5.07. The molecule has 0 amide bonds. The predicted octanol–water partition coefficient (Wildman–Crippen LogP) is 2.96. The number of fused-ring (bicyclic) bond motifs is 1. The van der Waals surface area contributed by atoms with Crippen LogP contribution in [-0.2, 0) is 27.4 Å². The lowest BCUT2D eigenvalue weighted by molar-refractivity contribution is -0.137. The van der Waals surface area contributed by atoms with Crippen molar-refractivity contribution >= 4 is 33.5 Å².